The fourth-order valence-electron chi connectivity index (χ4n) is 3.97. The Labute approximate surface area is 180 Å². The summed E-state index contributed by atoms with van der Waals surface area (Å²) in [6, 6.07) is 16.0. The van der Waals surface area contributed by atoms with E-state index < -0.39 is 0 Å². The van der Waals surface area contributed by atoms with Gasteiger partial charge in [0.05, 0.1) is 31.0 Å². The van der Waals surface area contributed by atoms with Crippen molar-refractivity contribution in [1.82, 2.24) is 20.1 Å². The monoisotopic (exact) mass is 415 g/mol. The molecule has 1 aliphatic heterocycles. The van der Waals surface area contributed by atoms with Crippen LogP contribution in [0.2, 0.25) is 0 Å². The highest BCUT2D eigenvalue weighted by atomic mass is 16.5. The Hall–Kier alpha value is -3.42. The maximum Gasteiger partial charge on any atom is 0.258 e. The van der Waals surface area contributed by atoms with Crippen LogP contribution in [0.1, 0.15) is 21.5 Å². The number of morpholine rings is 1. The Kier molecular flexibility index (Phi) is 5.52. The lowest BCUT2D eigenvalue weighted by Gasteiger charge is -2.23. The topological polar surface area (TPSA) is 84.0 Å². The van der Waals surface area contributed by atoms with Crippen molar-refractivity contribution in [3.05, 3.63) is 83.8 Å². The molecule has 1 atom stereocenters. The van der Waals surface area contributed by atoms with Crippen LogP contribution in [-0.2, 0) is 17.7 Å². The lowest BCUT2D eigenvalue weighted by Crippen LogP contribution is -2.39. The minimum atomic E-state index is -0.174. The molecule has 4 aromatic rings. The van der Waals surface area contributed by atoms with Crippen LogP contribution in [0, 0.1) is 0 Å². The molecule has 0 bridgehead atoms. The summed E-state index contributed by atoms with van der Waals surface area (Å²) in [7, 11) is 0. The Bertz CT molecular complexity index is 1180. The molecule has 0 aliphatic carbocycles. The van der Waals surface area contributed by atoms with E-state index in [1.54, 1.807) is 17.1 Å². The van der Waals surface area contributed by atoms with Crippen LogP contribution >= 0.6 is 0 Å². The zero-order chi connectivity index (χ0) is 21.0. The number of ether oxygens (including phenoxy) is 1. The third-order valence-electron chi connectivity index (χ3n) is 5.56. The maximum absolute atomic E-state index is 12.7. The Morgan fingerprint density at radius 2 is 2.13 bits per heavy atom. The van der Waals surface area contributed by atoms with E-state index in [-0.39, 0.29) is 12.0 Å². The molecule has 158 valence electrons. The fourth-order valence-corrected chi connectivity index (χ4v) is 3.97. The summed E-state index contributed by atoms with van der Waals surface area (Å²) in [5, 5.41) is 11.8. The number of hydrogen-bond acceptors (Lipinski definition) is 4. The molecule has 7 heteroatoms. The number of aromatic nitrogens is 3. The Morgan fingerprint density at radius 3 is 2.97 bits per heavy atom. The summed E-state index contributed by atoms with van der Waals surface area (Å²) < 4.78 is 7.59. The first-order chi connectivity index (χ1) is 15.2. The van der Waals surface area contributed by atoms with Crippen molar-refractivity contribution in [3.8, 4) is 0 Å². The van der Waals surface area contributed by atoms with Crippen molar-refractivity contribution in [2.24, 2.45) is 0 Å². The number of nitrogens with zero attached hydrogens (tertiary/aromatic N) is 2. The number of amides is 1. The number of fused-ring (bicyclic) bond motifs is 1. The smallest absolute Gasteiger partial charge is 0.258 e. The predicted molar refractivity (Wildman–Crippen MR) is 120 cm³/mol. The number of carbonyl (C=O) groups excluding carboxylic acids is 1. The van der Waals surface area contributed by atoms with Gasteiger partial charge >= 0.3 is 0 Å². The molecule has 5 rings (SSSR count). The quantitative estimate of drug-likeness (QED) is 0.452. The number of H-pyrrole nitrogens is 1. The molecule has 1 unspecified atom stereocenters. The van der Waals surface area contributed by atoms with E-state index in [2.05, 4.69) is 20.7 Å². The SMILES string of the molecule is O=C(Nc1ccc2c(CC3CNCCO3)c[nH]c2c1)c1cnn(Cc2ccccc2)c1. The van der Waals surface area contributed by atoms with Gasteiger partial charge < -0.3 is 20.4 Å². The normalized spacial score (nSPS) is 16.5. The Balaban J connectivity index is 1.25. The number of anilines is 1. The molecule has 31 heavy (non-hydrogen) atoms. The van der Waals surface area contributed by atoms with Gasteiger partial charge in [-0.3, -0.25) is 9.48 Å². The van der Waals surface area contributed by atoms with Crippen LogP contribution in [0.25, 0.3) is 10.9 Å². The van der Waals surface area contributed by atoms with E-state index in [1.807, 2.05) is 54.7 Å². The minimum Gasteiger partial charge on any atom is -0.375 e. The second-order valence-corrected chi connectivity index (χ2v) is 7.84. The van der Waals surface area contributed by atoms with E-state index >= 15 is 0 Å². The summed E-state index contributed by atoms with van der Waals surface area (Å²) in [5.41, 5.74) is 4.64. The highest BCUT2D eigenvalue weighted by Crippen LogP contribution is 2.24. The summed E-state index contributed by atoms with van der Waals surface area (Å²) >= 11 is 0. The van der Waals surface area contributed by atoms with Crippen molar-refractivity contribution >= 4 is 22.5 Å². The second kappa shape index (κ2) is 8.75. The first kappa shape index (κ1) is 19.5. The van der Waals surface area contributed by atoms with Gasteiger partial charge in [0.25, 0.3) is 5.91 Å². The Morgan fingerprint density at radius 1 is 1.23 bits per heavy atom. The van der Waals surface area contributed by atoms with Gasteiger partial charge in [0.1, 0.15) is 0 Å². The van der Waals surface area contributed by atoms with Gasteiger partial charge in [-0.25, -0.2) is 0 Å². The molecule has 0 saturated carbocycles. The first-order valence-corrected chi connectivity index (χ1v) is 10.5. The predicted octanol–water partition coefficient (Wildman–Crippen LogP) is 3.20. The van der Waals surface area contributed by atoms with Crippen molar-refractivity contribution in [3.63, 3.8) is 0 Å². The van der Waals surface area contributed by atoms with Crippen LogP contribution in [0.4, 0.5) is 5.69 Å². The van der Waals surface area contributed by atoms with Gasteiger partial charge in [0.2, 0.25) is 0 Å². The maximum atomic E-state index is 12.7. The van der Waals surface area contributed by atoms with E-state index in [0.29, 0.717) is 12.1 Å². The average Bonchev–Trinajstić information content (AvgIpc) is 3.42. The van der Waals surface area contributed by atoms with Crippen molar-refractivity contribution in [1.29, 1.82) is 0 Å². The number of nitrogens with one attached hydrogen (secondary N) is 3. The van der Waals surface area contributed by atoms with Crippen molar-refractivity contribution in [2.75, 3.05) is 25.0 Å². The molecule has 0 spiro atoms. The molecule has 2 aromatic carbocycles. The van der Waals surface area contributed by atoms with Crippen LogP contribution < -0.4 is 10.6 Å². The number of benzene rings is 2. The highest BCUT2D eigenvalue weighted by molar-refractivity contribution is 6.04. The molecule has 3 N–H and O–H groups in total. The van der Waals surface area contributed by atoms with Crippen LogP contribution in [-0.4, -0.2) is 46.5 Å². The van der Waals surface area contributed by atoms with Gasteiger partial charge in [-0.05, 0) is 23.3 Å². The molecule has 1 saturated heterocycles. The zero-order valence-electron chi connectivity index (χ0n) is 17.2. The van der Waals surface area contributed by atoms with Crippen LogP contribution in [0.15, 0.2) is 67.1 Å². The van der Waals surface area contributed by atoms with Crippen LogP contribution in [0.3, 0.4) is 0 Å². The number of carbonyl (C=O) groups is 1. The zero-order valence-corrected chi connectivity index (χ0v) is 17.2. The fraction of sp³-hybridized carbons (Fsp3) is 0.250. The molecular formula is C24H25N5O2. The van der Waals surface area contributed by atoms with E-state index in [1.165, 1.54) is 5.56 Å². The largest absolute Gasteiger partial charge is 0.375 e. The second-order valence-electron chi connectivity index (χ2n) is 7.84. The van der Waals surface area contributed by atoms with Gasteiger partial charge in [0, 0.05) is 48.5 Å². The summed E-state index contributed by atoms with van der Waals surface area (Å²) in [5.74, 6) is -0.174. The molecule has 7 nitrogen and oxygen atoms in total. The summed E-state index contributed by atoms with van der Waals surface area (Å²) in [6.45, 7) is 3.17. The molecule has 2 aromatic heterocycles. The molecule has 1 aliphatic rings. The van der Waals surface area contributed by atoms with E-state index in [9.17, 15) is 4.79 Å². The molecule has 3 heterocycles. The average molecular weight is 415 g/mol. The lowest BCUT2D eigenvalue weighted by atomic mass is 10.1. The highest BCUT2D eigenvalue weighted by Gasteiger charge is 2.16. The number of hydrogen-bond donors (Lipinski definition) is 3. The summed E-state index contributed by atoms with van der Waals surface area (Å²) in [4.78, 5) is 16.0. The van der Waals surface area contributed by atoms with Gasteiger partial charge in [-0.2, -0.15) is 5.10 Å². The molecule has 0 radical (unpaired) electrons. The van der Waals surface area contributed by atoms with Crippen molar-refractivity contribution in [2.45, 2.75) is 19.1 Å². The third kappa shape index (κ3) is 4.52. The first-order valence-electron chi connectivity index (χ1n) is 10.5. The minimum absolute atomic E-state index is 0.174. The lowest BCUT2D eigenvalue weighted by molar-refractivity contribution is 0.0294. The van der Waals surface area contributed by atoms with Gasteiger partial charge in [-0.1, -0.05) is 36.4 Å². The van der Waals surface area contributed by atoms with E-state index in [0.717, 1.165) is 48.3 Å². The number of aromatic amines is 1. The molecule has 1 amide bonds. The van der Waals surface area contributed by atoms with Crippen molar-refractivity contribution < 1.29 is 9.53 Å². The van der Waals surface area contributed by atoms with Gasteiger partial charge in [-0.15, -0.1) is 0 Å². The third-order valence-corrected chi connectivity index (χ3v) is 5.56. The summed E-state index contributed by atoms with van der Waals surface area (Å²) in [6.07, 6.45) is 6.45. The van der Waals surface area contributed by atoms with E-state index in [4.69, 9.17) is 4.74 Å². The standard InChI is InChI=1S/C24H25N5O2/c30-24(19-13-27-29(16-19)15-17-4-2-1-3-5-17)28-20-6-7-22-18(12-26-23(22)11-20)10-21-14-25-8-9-31-21/h1-7,11-13,16,21,25-26H,8-10,14-15H2,(H,28,30). The number of rotatable bonds is 6. The van der Waals surface area contributed by atoms with Crippen LogP contribution in [0.5, 0.6) is 0 Å². The molecular weight excluding hydrogens is 390 g/mol. The van der Waals surface area contributed by atoms with Gasteiger partial charge in [0.15, 0.2) is 0 Å². The molecule has 1 fully saturated rings.